The quantitative estimate of drug-likeness (QED) is 0.609. The van der Waals surface area contributed by atoms with Crippen LogP contribution < -0.4 is 11.1 Å². The van der Waals surface area contributed by atoms with Crippen LogP contribution in [0, 0.1) is 5.92 Å². The fourth-order valence-electron chi connectivity index (χ4n) is 1.65. The Kier molecular flexibility index (Phi) is 3.16. The molecule has 2 nitrogen and oxygen atoms in total. The third kappa shape index (κ3) is 1.96. The molecular weight excluding hydrogens is 124 g/mol. The lowest BCUT2D eigenvalue weighted by Crippen LogP contribution is -2.21. The summed E-state index contributed by atoms with van der Waals surface area (Å²) >= 11 is 0. The van der Waals surface area contributed by atoms with Gasteiger partial charge in [-0.2, -0.15) is 0 Å². The van der Waals surface area contributed by atoms with Gasteiger partial charge < -0.3 is 11.1 Å². The van der Waals surface area contributed by atoms with Crippen LogP contribution in [0.5, 0.6) is 0 Å². The van der Waals surface area contributed by atoms with Crippen molar-refractivity contribution in [3.05, 3.63) is 0 Å². The maximum atomic E-state index is 5.55. The molecule has 0 radical (unpaired) electrons. The van der Waals surface area contributed by atoms with Crippen molar-refractivity contribution < 1.29 is 0 Å². The molecule has 2 atom stereocenters. The maximum Gasteiger partial charge on any atom is 0.00706 e. The molecule has 2 heteroatoms. The van der Waals surface area contributed by atoms with Crippen LogP contribution in [0.15, 0.2) is 0 Å². The fourth-order valence-corrected chi connectivity index (χ4v) is 1.65. The van der Waals surface area contributed by atoms with Crippen molar-refractivity contribution >= 4 is 0 Å². The van der Waals surface area contributed by atoms with Gasteiger partial charge in [-0.3, -0.25) is 0 Å². The van der Waals surface area contributed by atoms with Gasteiger partial charge >= 0.3 is 0 Å². The maximum absolute atomic E-state index is 5.55. The Morgan fingerprint density at radius 2 is 2.40 bits per heavy atom. The van der Waals surface area contributed by atoms with Gasteiger partial charge in [0.25, 0.3) is 0 Å². The standard InChI is InChI=1S/C8H18N2/c1-2-3-8-4-7(5-9)6-10-8/h7-8,10H,2-6,9H2,1H3. The molecule has 0 aliphatic carbocycles. The number of nitrogens with two attached hydrogens (primary N) is 1. The SMILES string of the molecule is CCCC1CC(CN)CN1. The summed E-state index contributed by atoms with van der Waals surface area (Å²) in [5, 5.41) is 3.48. The fraction of sp³-hybridized carbons (Fsp3) is 1.00. The Morgan fingerprint density at radius 1 is 1.60 bits per heavy atom. The van der Waals surface area contributed by atoms with Gasteiger partial charge in [-0.1, -0.05) is 13.3 Å². The molecule has 1 rings (SSSR count). The van der Waals surface area contributed by atoms with E-state index in [0.29, 0.717) is 0 Å². The summed E-state index contributed by atoms with van der Waals surface area (Å²) in [6.45, 7) is 4.23. The second kappa shape index (κ2) is 3.94. The van der Waals surface area contributed by atoms with Crippen LogP contribution in [0.4, 0.5) is 0 Å². The Hall–Kier alpha value is -0.0800. The van der Waals surface area contributed by atoms with Crippen molar-refractivity contribution in [1.29, 1.82) is 0 Å². The summed E-state index contributed by atoms with van der Waals surface area (Å²) in [7, 11) is 0. The van der Waals surface area contributed by atoms with Crippen LogP contribution in [0.25, 0.3) is 0 Å². The van der Waals surface area contributed by atoms with E-state index >= 15 is 0 Å². The minimum Gasteiger partial charge on any atom is -0.330 e. The second-order valence-corrected chi connectivity index (χ2v) is 3.23. The summed E-state index contributed by atoms with van der Waals surface area (Å²) in [4.78, 5) is 0. The summed E-state index contributed by atoms with van der Waals surface area (Å²) in [5.41, 5.74) is 5.55. The molecule has 0 aromatic carbocycles. The lowest BCUT2D eigenvalue weighted by Gasteiger charge is -2.06. The highest BCUT2D eigenvalue weighted by atomic mass is 15.0. The zero-order valence-electron chi connectivity index (χ0n) is 6.77. The first-order chi connectivity index (χ1) is 4.86. The topological polar surface area (TPSA) is 38.0 Å². The van der Waals surface area contributed by atoms with Gasteiger partial charge in [0.1, 0.15) is 0 Å². The lowest BCUT2D eigenvalue weighted by molar-refractivity contribution is 0.526. The summed E-state index contributed by atoms with van der Waals surface area (Å²) in [5.74, 6) is 0.747. The van der Waals surface area contributed by atoms with E-state index in [9.17, 15) is 0 Å². The normalized spacial score (nSPS) is 33.0. The van der Waals surface area contributed by atoms with E-state index in [2.05, 4.69) is 12.2 Å². The van der Waals surface area contributed by atoms with Crippen LogP contribution in [-0.4, -0.2) is 19.1 Å². The Labute approximate surface area is 63.2 Å². The van der Waals surface area contributed by atoms with E-state index in [-0.39, 0.29) is 0 Å². The average molecular weight is 142 g/mol. The molecule has 0 bridgehead atoms. The van der Waals surface area contributed by atoms with E-state index in [1.165, 1.54) is 19.3 Å². The van der Waals surface area contributed by atoms with E-state index in [1.54, 1.807) is 0 Å². The Bertz CT molecular complexity index is 93.3. The average Bonchev–Trinajstić information content (AvgIpc) is 2.37. The summed E-state index contributed by atoms with van der Waals surface area (Å²) < 4.78 is 0. The molecule has 10 heavy (non-hydrogen) atoms. The highest BCUT2D eigenvalue weighted by Crippen LogP contribution is 2.15. The highest BCUT2D eigenvalue weighted by molar-refractivity contribution is 4.81. The van der Waals surface area contributed by atoms with Crippen molar-refractivity contribution in [2.75, 3.05) is 13.1 Å². The van der Waals surface area contributed by atoms with E-state index in [0.717, 1.165) is 25.0 Å². The monoisotopic (exact) mass is 142 g/mol. The third-order valence-electron chi connectivity index (χ3n) is 2.28. The molecule has 0 aromatic rings. The molecule has 0 spiro atoms. The van der Waals surface area contributed by atoms with Crippen LogP contribution in [0.2, 0.25) is 0 Å². The first-order valence-electron chi connectivity index (χ1n) is 4.30. The molecule has 1 heterocycles. The van der Waals surface area contributed by atoms with Crippen molar-refractivity contribution in [3.63, 3.8) is 0 Å². The lowest BCUT2D eigenvalue weighted by atomic mass is 10.0. The smallest absolute Gasteiger partial charge is 0.00706 e. The molecule has 3 N–H and O–H groups in total. The summed E-state index contributed by atoms with van der Waals surface area (Å²) in [6, 6.07) is 0.763. The van der Waals surface area contributed by atoms with Gasteiger partial charge in [0.15, 0.2) is 0 Å². The minimum atomic E-state index is 0.747. The zero-order valence-corrected chi connectivity index (χ0v) is 6.77. The molecular formula is C8H18N2. The Morgan fingerprint density at radius 3 is 2.90 bits per heavy atom. The van der Waals surface area contributed by atoms with Gasteiger partial charge in [0.2, 0.25) is 0 Å². The highest BCUT2D eigenvalue weighted by Gasteiger charge is 2.21. The molecule has 1 fully saturated rings. The van der Waals surface area contributed by atoms with Crippen molar-refractivity contribution in [2.24, 2.45) is 11.7 Å². The first-order valence-corrected chi connectivity index (χ1v) is 4.30. The molecule has 1 aliphatic heterocycles. The largest absolute Gasteiger partial charge is 0.330 e. The van der Waals surface area contributed by atoms with Gasteiger partial charge in [-0.15, -0.1) is 0 Å². The van der Waals surface area contributed by atoms with Crippen LogP contribution in [0.1, 0.15) is 26.2 Å². The predicted octanol–water partition coefficient (Wildman–Crippen LogP) is 0.723. The second-order valence-electron chi connectivity index (χ2n) is 3.23. The zero-order chi connectivity index (χ0) is 7.40. The van der Waals surface area contributed by atoms with Gasteiger partial charge in [-0.05, 0) is 31.8 Å². The molecule has 1 saturated heterocycles. The van der Waals surface area contributed by atoms with Crippen LogP contribution >= 0.6 is 0 Å². The van der Waals surface area contributed by atoms with Crippen LogP contribution in [-0.2, 0) is 0 Å². The third-order valence-corrected chi connectivity index (χ3v) is 2.28. The van der Waals surface area contributed by atoms with Crippen molar-refractivity contribution in [1.82, 2.24) is 5.32 Å². The van der Waals surface area contributed by atoms with Gasteiger partial charge in [0, 0.05) is 6.04 Å². The Balaban J connectivity index is 2.15. The molecule has 0 saturated carbocycles. The number of rotatable bonds is 3. The number of hydrogen-bond acceptors (Lipinski definition) is 2. The van der Waals surface area contributed by atoms with Crippen LogP contribution in [0.3, 0.4) is 0 Å². The summed E-state index contributed by atoms with van der Waals surface area (Å²) in [6.07, 6.45) is 3.90. The van der Waals surface area contributed by atoms with Gasteiger partial charge in [-0.25, -0.2) is 0 Å². The molecule has 2 unspecified atom stereocenters. The number of nitrogens with one attached hydrogen (secondary N) is 1. The molecule has 60 valence electrons. The molecule has 1 aliphatic rings. The van der Waals surface area contributed by atoms with Crippen molar-refractivity contribution in [2.45, 2.75) is 32.2 Å². The van der Waals surface area contributed by atoms with Crippen molar-refractivity contribution in [3.8, 4) is 0 Å². The predicted molar refractivity (Wildman–Crippen MR) is 43.9 cm³/mol. The minimum absolute atomic E-state index is 0.747. The van der Waals surface area contributed by atoms with Gasteiger partial charge in [0.05, 0.1) is 0 Å². The molecule has 0 aromatic heterocycles. The van der Waals surface area contributed by atoms with E-state index in [4.69, 9.17) is 5.73 Å². The van der Waals surface area contributed by atoms with E-state index < -0.39 is 0 Å². The number of hydrogen-bond donors (Lipinski definition) is 2. The molecule has 0 amide bonds. The van der Waals surface area contributed by atoms with E-state index in [1.807, 2.05) is 0 Å². The first kappa shape index (κ1) is 8.02.